The van der Waals surface area contributed by atoms with Crippen molar-refractivity contribution in [2.75, 3.05) is 0 Å². The molecule has 0 spiro atoms. The largest absolute Gasteiger partial charge is 0.294 e. The summed E-state index contributed by atoms with van der Waals surface area (Å²) in [5.41, 5.74) is 3.80. The highest BCUT2D eigenvalue weighted by Gasteiger charge is 2.14. The van der Waals surface area contributed by atoms with Gasteiger partial charge in [-0.3, -0.25) is 9.48 Å². The fraction of sp³-hybridized carbons (Fsp3) is 0.333. The summed E-state index contributed by atoms with van der Waals surface area (Å²) < 4.78 is 2.64. The monoisotopic (exact) mass is 320 g/mol. The molecule has 2 rings (SSSR count). The van der Waals surface area contributed by atoms with Gasteiger partial charge in [0.15, 0.2) is 5.78 Å². The standard InChI is InChI=1S/C15H17BrN2O/c1-4-11-8-12(18(3)17-11)9-15(19)13-7-10(2)5-6-14(13)16/h5-8H,4,9H2,1-3H3. The molecular formula is C15H17BrN2O. The third kappa shape index (κ3) is 3.13. The first-order valence-corrected chi connectivity index (χ1v) is 7.11. The molecular weight excluding hydrogens is 304 g/mol. The zero-order valence-electron chi connectivity index (χ0n) is 11.4. The Bertz CT molecular complexity index is 617. The van der Waals surface area contributed by atoms with Gasteiger partial charge in [-0.05, 0) is 31.5 Å². The molecule has 1 aromatic carbocycles. The van der Waals surface area contributed by atoms with Crippen molar-refractivity contribution < 1.29 is 4.79 Å². The van der Waals surface area contributed by atoms with E-state index in [-0.39, 0.29) is 5.78 Å². The average Bonchev–Trinajstić information content (AvgIpc) is 2.73. The van der Waals surface area contributed by atoms with Crippen molar-refractivity contribution in [1.29, 1.82) is 0 Å². The van der Waals surface area contributed by atoms with Crippen molar-refractivity contribution in [3.8, 4) is 0 Å². The van der Waals surface area contributed by atoms with Crippen LogP contribution in [0.1, 0.15) is 34.2 Å². The number of ketones is 1. The van der Waals surface area contributed by atoms with Gasteiger partial charge >= 0.3 is 0 Å². The van der Waals surface area contributed by atoms with Gasteiger partial charge in [-0.15, -0.1) is 0 Å². The van der Waals surface area contributed by atoms with Crippen LogP contribution in [-0.2, 0) is 19.9 Å². The first-order valence-electron chi connectivity index (χ1n) is 6.32. The predicted molar refractivity (Wildman–Crippen MR) is 79.5 cm³/mol. The van der Waals surface area contributed by atoms with Gasteiger partial charge in [0.05, 0.1) is 12.1 Å². The van der Waals surface area contributed by atoms with Gasteiger partial charge < -0.3 is 0 Å². The molecule has 1 heterocycles. The van der Waals surface area contributed by atoms with Crippen molar-refractivity contribution in [3.05, 3.63) is 51.3 Å². The summed E-state index contributed by atoms with van der Waals surface area (Å²) in [7, 11) is 1.88. The van der Waals surface area contributed by atoms with Crippen molar-refractivity contribution in [2.45, 2.75) is 26.7 Å². The highest BCUT2D eigenvalue weighted by molar-refractivity contribution is 9.10. The molecule has 0 atom stereocenters. The quantitative estimate of drug-likeness (QED) is 0.808. The van der Waals surface area contributed by atoms with Crippen LogP contribution < -0.4 is 0 Å². The van der Waals surface area contributed by atoms with Crippen molar-refractivity contribution in [1.82, 2.24) is 9.78 Å². The highest BCUT2D eigenvalue weighted by Crippen LogP contribution is 2.20. The fourth-order valence-electron chi connectivity index (χ4n) is 2.02. The lowest BCUT2D eigenvalue weighted by Gasteiger charge is -2.05. The third-order valence-electron chi connectivity index (χ3n) is 3.15. The Morgan fingerprint density at radius 2 is 2.11 bits per heavy atom. The summed E-state index contributed by atoms with van der Waals surface area (Å²) >= 11 is 3.44. The summed E-state index contributed by atoms with van der Waals surface area (Å²) in [5, 5.41) is 4.37. The fourth-order valence-corrected chi connectivity index (χ4v) is 2.49. The lowest BCUT2D eigenvalue weighted by molar-refractivity contribution is 0.0990. The number of hydrogen-bond acceptors (Lipinski definition) is 2. The molecule has 4 heteroatoms. The molecule has 0 bridgehead atoms. The number of carbonyl (C=O) groups excluding carboxylic acids is 1. The van der Waals surface area contributed by atoms with E-state index in [1.807, 2.05) is 38.2 Å². The predicted octanol–water partition coefficient (Wildman–Crippen LogP) is 3.48. The molecule has 0 aliphatic rings. The van der Waals surface area contributed by atoms with E-state index in [0.29, 0.717) is 6.42 Å². The Morgan fingerprint density at radius 3 is 2.74 bits per heavy atom. The SMILES string of the molecule is CCc1cc(CC(=O)c2cc(C)ccc2Br)n(C)n1. The van der Waals surface area contributed by atoms with Crippen molar-refractivity contribution >= 4 is 21.7 Å². The molecule has 19 heavy (non-hydrogen) atoms. The molecule has 0 unspecified atom stereocenters. The zero-order chi connectivity index (χ0) is 14.0. The lowest BCUT2D eigenvalue weighted by Crippen LogP contribution is -2.08. The summed E-state index contributed by atoms with van der Waals surface area (Å²) in [6.07, 6.45) is 1.27. The Labute approximate surface area is 121 Å². The van der Waals surface area contributed by atoms with Crippen LogP contribution in [0.15, 0.2) is 28.7 Å². The minimum Gasteiger partial charge on any atom is -0.294 e. The highest BCUT2D eigenvalue weighted by atomic mass is 79.9. The van der Waals surface area contributed by atoms with E-state index in [0.717, 1.165) is 33.4 Å². The summed E-state index contributed by atoms with van der Waals surface area (Å²) in [4.78, 5) is 12.4. The number of aromatic nitrogens is 2. The maximum absolute atomic E-state index is 12.4. The summed E-state index contributed by atoms with van der Waals surface area (Å²) in [6.45, 7) is 4.05. The van der Waals surface area contributed by atoms with Crippen LogP contribution in [0, 0.1) is 6.92 Å². The third-order valence-corrected chi connectivity index (χ3v) is 3.85. The maximum Gasteiger partial charge on any atom is 0.169 e. The minimum atomic E-state index is 0.112. The van der Waals surface area contributed by atoms with Crippen LogP contribution in [0.2, 0.25) is 0 Å². The van der Waals surface area contributed by atoms with E-state index >= 15 is 0 Å². The second kappa shape index (κ2) is 5.70. The van der Waals surface area contributed by atoms with Crippen LogP contribution in [0.3, 0.4) is 0 Å². The number of carbonyl (C=O) groups is 1. The molecule has 0 radical (unpaired) electrons. The second-order valence-corrected chi connectivity index (χ2v) is 5.54. The molecule has 100 valence electrons. The number of aryl methyl sites for hydroxylation is 3. The smallest absolute Gasteiger partial charge is 0.169 e. The van der Waals surface area contributed by atoms with Crippen LogP contribution in [-0.4, -0.2) is 15.6 Å². The van der Waals surface area contributed by atoms with Crippen LogP contribution in [0.5, 0.6) is 0 Å². The van der Waals surface area contributed by atoms with Crippen LogP contribution >= 0.6 is 15.9 Å². The van der Waals surface area contributed by atoms with Gasteiger partial charge in [-0.1, -0.05) is 34.5 Å². The number of rotatable bonds is 4. The maximum atomic E-state index is 12.4. The molecule has 1 aromatic heterocycles. The Balaban J connectivity index is 2.25. The lowest BCUT2D eigenvalue weighted by atomic mass is 10.0. The topological polar surface area (TPSA) is 34.9 Å². The average molecular weight is 321 g/mol. The van der Waals surface area contributed by atoms with E-state index in [4.69, 9.17) is 0 Å². The van der Waals surface area contributed by atoms with Gasteiger partial charge in [0.1, 0.15) is 0 Å². The van der Waals surface area contributed by atoms with Gasteiger partial charge in [-0.25, -0.2) is 0 Å². The second-order valence-electron chi connectivity index (χ2n) is 4.69. The van der Waals surface area contributed by atoms with Crippen molar-refractivity contribution in [3.63, 3.8) is 0 Å². The number of halogens is 1. The zero-order valence-corrected chi connectivity index (χ0v) is 13.0. The molecule has 0 N–H and O–H groups in total. The van der Waals surface area contributed by atoms with Crippen LogP contribution in [0.25, 0.3) is 0 Å². The van der Waals surface area contributed by atoms with Crippen molar-refractivity contribution in [2.24, 2.45) is 7.05 Å². The first-order chi connectivity index (χ1) is 9.01. The number of hydrogen-bond donors (Lipinski definition) is 0. The molecule has 0 saturated heterocycles. The van der Waals surface area contributed by atoms with Gasteiger partial charge in [0.2, 0.25) is 0 Å². The molecule has 2 aromatic rings. The van der Waals surface area contributed by atoms with Gasteiger partial charge in [0, 0.05) is 22.8 Å². The van der Waals surface area contributed by atoms with E-state index in [1.165, 1.54) is 0 Å². The van der Waals surface area contributed by atoms with E-state index in [2.05, 4.69) is 28.0 Å². The summed E-state index contributed by atoms with van der Waals surface area (Å²) in [5.74, 6) is 0.112. The minimum absolute atomic E-state index is 0.112. The molecule has 0 aliphatic carbocycles. The normalized spacial score (nSPS) is 10.7. The molecule has 0 amide bonds. The van der Waals surface area contributed by atoms with E-state index < -0.39 is 0 Å². The van der Waals surface area contributed by atoms with E-state index in [1.54, 1.807) is 4.68 Å². The Hall–Kier alpha value is -1.42. The van der Waals surface area contributed by atoms with Gasteiger partial charge in [-0.2, -0.15) is 5.10 Å². The van der Waals surface area contributed by atoms with Crippen LogP contribution in [0.4, 0.5) is 0 Å². The molecule has 0 saturated carbocycles. The van der Waals surface area contributed by atoms with Gasteiger partial charge in [0.25, 0.3) is 0 Å². The molecule has 0 aliphatic heterocycles. The number of benzene rings is 1. The number of Topliss-reactive ketones (excluding diaryl/α,β-unsaturated/α-hetero) is 1. The molecule has 0 fully saturated rings. The Morgan fingerprint density at radius 1 is 1.37 bits per heavy atom. The number of nitrogens with zero attached hydrogens (tertiary/aromatic N) is 2. The molecule has 3 nitrogen and oxygen atoms in total. The van der Waals surface area contributed by atoms with E-state index in [9.17, 15) is 4.79 Å². The summed E-state index contributed by atoms with van der Waals surface area (Å²) in [6, 6.07) is 7.83. The Kier molecular flexibility index (Phi) is 4.20. The first kappa shape index (κ1) is 14.0.